The molecule has 1 atom stereocenters. The number of ketones is 1. The SMILES string of the molecule is CC(C)(C)OC(=O)CCCCCCCCCCCCCCCCCCC(=O)C[C@@H](CCC(=O)N1C(=O)CCC1=O)C(=O)OC(C)(C)C. The molecule has 1 aliphatic heterocycles. The van der Waals surface area contributed by atoms with Gasteiger partial charge in [0.15, 0.2) is 0 Å². The van der Waals surface area contributed by atoms with E-state index in [1.807, 2.05) is 20.8 Å². The Morgan fingerprint density at radius 2 is 0.957 bits per heavy atom. The molecule has 1 saturated heterocycles. The second-order valence-electron chi connectivity index (χ2n) is 15.3. The van der Waals surface area contributed by atoms with Crippen molar-refractivity contribution in [3.63, 3.8) is 0 Å². The summed E-state index contributed by atoms with van der Waals surface area (Å²) in [6.45, 7) is 11.0. The van der Waals surface area contributed by atoms with E-state index in [0.717, 1.165) is 32.1 Å². The number of carbonyl (C=O) groups is 6. The lowest BCUT2D eigenvalue weighted by Crippen LogP contribution is -2.36. The molecule has 0 aromatic carbocycles. The van der Waals surface area contributed by atoms with Gasteiger partial charge in [0.25, 0.3) is 0 Å². The number of likely N-dealkylation sites (tertiary alicyclic amines) is 1. The molecule has 0 radical (unpaired) electrons. The molecular weight excluding hydrogens is 598 g/mol. The number of unbranched alkanes of at least 4 members (excludes halogenated alkanes) is 15. The van der Waals surface area contributed by atoms with Crippen LogP contribution in [0.4, 0.5) is 0 Å². The highest BCUT2D eigenvalue weighted by Crippen LogP contribution is 2.23. The highest BCUT2D eigenvalue weighted by molar-refractivity contribution is 6.15. The maximum absolute atomic E-state index is 12.8. The van der Waals surface area contributed by atoms with Crippen LogP contribution in [0.2, 0.25) is 0 Å². The van der Waals surface area contributed by atoms with Crippen molar-refractivity contribution in [2.45, 2.75) is 200 Å². The standard InChI is InChI=1S/C38H65NO8/c1-37(2,3)46-35(44)24-22-20-18-16-14-12-10-8-7-9-11-13-15-17-19-21-23-31(40)29-30(36(45)47-38(4,5)6)25-26-32(41)39-33(42)27-28-34(39)43/h30H,7-29H2,1-6H3/t30-/m1/s1. The Bertz CT molecular complexity index is 975. The zero-order valence-corrected chi connectivity index (χ0v) is 30.6. The first-order chi connectivity index (χ1) is 22.1. The molecular formula is C38H65NO8. The first kappa shape index (κ1) is 42.4. The summed E-state index contributed by atoms with van der Waals surface area (Å²) in [5.74, 6) is -3.05. The van der Waals surface area contributed by atoms with Crippen LogP contribution in [0.15, 0.2) is 0 Å². The van der Waals surface area contributed by atoms with Crippen LogP contribution in [0.5, 0.6) is 0 Å². The van der Waals surface area contributed by atoms with Gasteiger partial charge in [0.1, 0.15) is 17.0 Å². The number of esters is 2. The van der Waals surface area contributed by atoms with E-state index < -0.39 is 40.8 Å². The van der Waals surface area contributed by atoms with E-state index in [1.54, 1.807) is 20.8 Å². The molecule has 0 N–H and O–H groups in total. The molecule has 0 aromatic heterocycles. The largest absolute Gasteiger partial charge is 0.460 e. The van der Waals surface area contributed by atoms with Gasteiger partial charge in [0.05, 0.1) is 5.92 Å². The van der Waals surface area contributed by atoms with E-state index in [-0.39, 0.29) is 43.9 Å². The molecule has 0 saturated carbocycles. The monoisotopic (exact) mass is 663 g/mol. The van der Waals surface area contributed by atoms with Gasteiger partial charge in [-0.2, -0.15) is 0 Å². The first-order valence-electron chi connectivity index (χ1n) is 18.4. The van der Waals surface area contributed by atoms with Crippen molar-refractivity contribution in [3.8, 4) is 0 Å². The third-order valence-electron chi connectivity index (χ3n) is 8.23. The molecule has 1 rings (SSSR count). The predicted octanol–water partition coefficient (Wildman–Crippen LogP) is 8.72. The van der Waals surface area contributed by atoms with E-state index in [0.29, 0.717) is 17.7 Å². The molecule has 3 amide bonds. The molecule has 47 heavy (non-hydrogen) atoms. The fourth-order valence-electron chi connectivity index (χ4n) is 5.79. The van der Waals surface area contributed by atoms with Crippen molar-refractivity contribution in [2.24, 2.45) is 5.92 Å². The van der Waals surface area contributed by atoms with Gasteiger partial charge in [0, 0.05) is 38.5 Å². The molecule has 0 unspecified atom stereocenters. The Balaban J connectivity index is 2.08. The summed E-state index contributed by atoms with van der Waals surface area (Å²) in [7, 11) is 0. The van der Waals surface area contributed by atoms with Crippen molar-refractivity contribution in [3.05, 3.63) is 0 Å². The quantitative estimate of drug-likeness (QED) is 0.0540. The fourth-order valence-corrected chi connectivity index (χ4v) is 5.79. The van der Waals surface area contributed by atoms with E-state index in [1.165, 1.54) is 70.6 Å². The van der Waals surface area contributed by atoms with Gasteiger partial charge in [0.2, 0.25) is 17.7 Å². The average Bonchev–Trinajstić information content (AvgIpc) is 3.29. The lowest BCUT2D eigenvalue weighted by atomic mass is 9.94. The molecule has 0 bridgehead atoms. The van der Waals surface area contributed by atoms with Gasteiger partial charge >= 0.3 is 11.9 Å². The summed E-state index contributed by atoms with van der Waals surface area (Å²) >= 11 is 0. The topological polar surface area (TPSA) is 124 Å². The minimum Gasteiger partial charge on any atom is -0.460 e. The number of carbonyl (C=O) groups excluding carboxylic acids is 6. The van der Waals surface area contributed by atoms with Crippen molar-refractivity contribution in [1.82, 2.24) is 4.90 Å². The molecule has 1 heterocycles. The summed E-state index contributed by atoms with van der Waals surface area (Å²) in [6, 6.07) is 0. The predicted molar refractivity (Wildman–Crippen MR) is 183 cm³/mol. The minimum absolute atomic E-state index is 0.0000627. The van der Waals surface area contributed by atoms with Gasteiger partial charge in [-0.05, 0) is 60.8 Å². The van der Waals surface area contributed by atoms with Crippen LogP contribution in [-0.2, 0) is 38.2 Å². The van der Waals surface area contributed by atoms with Crippen molar-refractivity contribution in [2.75, 3.05) is 0 Å². The Hall–Kier alpha value is -2.58. The first-order valence-corrected chi connectivity index (χ1v) is 18.4. The summed E-state index contributed by atoms with van der Waals surface area (Å²) in [4.78, 5) is 74.1. The van der Waals surface area contributed by atoms with Crippen molar-refractivity contribution < 1.29 is 38.2 Å². The van der Waals surface area contributed by atoms with Gasteiger partial charge in [-0.1, -0.05) is 89.9 Å². The van der Waals surface area contributed by atoms with Crippen LogP contribution in [0, 0.1) is 5.92 Å². The van der Waals surface area contributed by atoms with Crippen LogP contribution in [-0.4, -0.2) is 51.5 Å². The second-order valence-corrected chi connectivity index (χ2v) is 15.3. The Morgan fingerprint density at radius 1 is 0.574 bits per heavy atom. The molecule has 9 heteroatoms. The van der Waals surface area contributed by atoms with Crippen LogP contribution < -0.4 is 0 Å². The molecule has 1 aliphatic rings. The summed E-state index contributed by atoms with van der Waals surface area (Å²) < 4.78 is 10.8. The van der Waals surface area contributed by atoms with Gasteiger partial charge in [-0.15, -0.1) is 0 Å². The summed E-state index contributed by atoms with van der Waals surface area (Å²) in [6.07, 6.45) is 19.6. The smallest absolute Gasteiger partial charge is 0.309 e. The van der Waals surface area contributed by atoms with Crippen molar-refractivity contribution >= 4 is 35.4 Å². The van der Waals surface area contributed by atoms with Gasteiger partial charge in [-0.25, -0.2) is 4.90 Å². The summed E-state index contributed by atoms with van der Waals surface area (Å²) in [5, 5.41) is 0. The van der Waals surface area contributed by atoms with Crippen LogP contribution in [0.25, 0.3) is 0 Å². The molecule has 0 spiro atoms. The third kappa shape index (κ3) is 21.8. The van der Waals surface area contributed by atoms with Gasteiger partial charge < -0.3 is 9.47 Å². The third-order valence-corrected chi connectivity index (χ3v) is 8.23. The Kier molecular flexibility index (Phi) is 20.7. The van der Waals surface area contributed by atoms with E-state index in [4.69, 9.17) is 9.47 Å². The van der Waals surface area contributed by atoms with Crippen LogP contribution in [0.3, 0.4) is 0 Å². The fraction of sp³-hybridized carbons (Fsp3) is 0.842. The maximum Gasteiger partial charge on any atom is 0.309 e. The Morgan fingerprint density at radius 3 is 1.36 bits per heavy atom. The van der Waals surface area contributed by atoms with Crippen LogP contribution in [0.1, 0.15) is 189 Å². The number of hydrogen-bond donors (Lipinski definition) is 0. The molecule has 9 nitrogen and oxygen atoms in total. The molecule has 270 valence electrons. The molecule has 0 aromatic rings. The number of hydrogen-bond acceptors (Lipinski definition) is 8. The second kappa shape index (κ2) is 22.9. The maximum atomic E-state index is 12.8. The highest BCUT2D eigenvalue weighted by Gasteiger charge is 2.35. The van der Waals surface area contributed by atoms with E-state index in [2.05, 4.69) is 0 Å². The number of amides is 3. The van der Waals surface area contributed by atoms with E-state index in [9.17, 15) is 28.8 Å². The number of ether oxygens (including phenoxy) is 2. The van der Waals surface area contributed by atoms with E-state index >= 15 is 0 Å². The minimum atomic E-state index is -0.777. The zero-order chi connectivity index (χ0) is 35.3. The lowest BCUT2D eigenvalue weighted by Gasteiger charge is -2.24. The van der Waals surface area contributed by atoms with Crippen molar-refractivity contribution in [1.29, 1.82) is 0 Å². The summed E-state index contributed by atoms with van der Waals surface area (Å²) in [5.41, 5.74) is -1.12. The van der Waals surface area contributed by atoms with Crippen LogP contribution >= 0.6 is 0 Å². The Labute approximate surface area is 284 Å². The molecule has 1 fully saturated rings. The number of rotatable bonds is 25. The number of imide groups is 3. The zero-order valence-electron chi connectivity index (χ0n) is 30.6. The lowest BCUT2D eigenvalue weighted by molar-refractivity contribution is -0.161. The molecule has 0 aliphatic carbocycles. The van der Waals surface area contributed by atoms with Gasteiger partial charge in [-0.3, -0.25) is 28.8 Å². The average molecular weight is 664 g/mol. The normalized spacial score (nSPS) is 14.4. The number of nitrogens with zero attached hydrogens (tertiary/aromatic N) is 1. The highest BCUT2D eigenvalue weighted by atomic mass is 16.6. The number of Topliss-reactive ketones (excluding diaryl/α,β-unsaturated/α-hetero) is 1.